The van der Waals surface area contributed by atoms with E-state index in [1.807, 2.05) is 28.8 Å². The molecule has 1 fully saturated rings. The summed E-state index contributed by atoms with van der Waals surface area (Å²) >= 11 is 0. The van der Waals surface area contributed by atoms with Gasteiger partial charge in [-0.3, -0.25) is 4.57 Å². The fourth-order valence-electron chi connectivity index (χ4n) is 4.07. The molecule has 7 heteroatoms. The summed E-state index contributed by atoms with van der Waals surface area (Å²) in [5, 5.41) is 10.3. The Morgan fingerprint density at radius 2 is 1.86 bits per heavy atom. The van der Waals surface area contributed by atoms with Crippen molar-refractivity contribution in [2.24, 2.45) is 0 Å². The second kappa shape index (κ2) is 8.90. The quantitative estimate of drug-likeness (QED) is 0.641. The van der Waals surface area contributed by atoms with Crippen LogP contribution in [0.25, 0.3) is 11.0 Å². The molecule has 0 spiro atoms. The number of aromatic nitrogens is 2. The number of nitrogens with one attached hydrogen (secondary N) is 1. The van der Waals surface area contributed by atoms with E-state index in [1.165, 1.54) is 6.07 Å². The zero-order valence-corrected chi connectivity index (χ0v) is 16.3. The number of halogens is 1. The molecule has 0 radical (unpaired) electrons. The molecule has 154 valence electrons. The molecule has 1 aromatic heterocycles. The number of benzene rings is 2. The SMILES string of the molecule is O=c1[nH]c2ccccc2n1C1CCN(CC(O)COCc2ccccc2F)CC1. The van der Waals surface area contributed by atoms with E-state index in [-0.39, 0.29) is 30.8 Å². The molecule has 4 rings (SSSR count). The monoisotopic (exact) mass is 399 g/mol. The standard InChI is InChI=1S/C22H26FN3O3/c23-19-6-2-1-5-16(19)14-29-15-18(27)13-25-11-9-17(10-12-25)26-21-8-4-3-7-20(21)24-22(26)28/h1-8,17-18,27H,9-15H2,(H,24,28). The first-order valence-corrected chi connectivity index (χ1v) is 10.0. The van der Waals surface area contributed by atoms with Crippen LogP contribution in [0.1, 0.15) is 24.4 Å². The number of aliphatic hydroxyl groups is 1. The van der Waals surface area contributed by atoms with Crippen LogP contribution in [-0.4, -0.2) is 51.9 Å². The number of imidazole rings is 1. The molecule has 2 aromatic carbocycles. The van der Waals surface area contributed by atoms with Gasteiger partial charge in [0.2, 0.25) is 0 Å². The maximum absolute atomic E-state index is 13.6. The van der Waals surface area contributed by atoms with E-state index in [1.54, 1.807) is 18.2 Å². The normalized spacial score (nSPS) is 17.0. The molecule has 0 saturated carbocycles. The predicted molar refractivity (Wildman–Crippen MR) is 109 cm³/mol. The van der Waals surface area contributed by atoms with Gasteiger partial charge in [0.1, 0.15) is 5.82 Å². The van der Waals surface area contributed by atoms with Crippen molar-refractivity contribution in [2.45, 2.75) is 31.6 Å². The summed E-state index contributed by atoms with van der Waals surface area (Å²) in [5.41, 5.74) is 2.23. The first kappa shape index (κ1) is 19.8. The maximum atomic E-state index is 13.6. The Kier molecular flexibility index (Phi) is 6.08. The Hall–Kier alpha value is -2.48. The second-order valence-electron chi connectivity index (χ2n) is 7.61. The summed E-state index contributed by atoms with van der Waals surface area (Å²) in [4.78, 5) is 17.5. The number of fused-ring (bicyclic) bond motifs is 1. The number of para-hydroxylation sites is 2. The van der Waals surface area contributed by atoms with E-state index in [0.717, 1.165) is 37.0 Å². The van der Waals surface area contributed by atoms with Crippen LogP contribution in [0.2, 0.25) is 0 Å². The Morgan fingerprint density at radius 1 is 1.14 bits per heavy atom. The number of piperidine rings is 1. The average Bonchev–Trinajstić information content (AvgIpc) is 3.06. The van der Waals surface area contributed by atoms with E-state index in [4.69, 9.17) is 4.74 Å². The molecule has 1 unspecified atom stereocenters. The van der Waals surface area contributed by atoms with Gasteiger partial charge >= 0.3 is 5.69 Å². The fourth-order valence-corrected chi connectivity index (χ4v) is 4.07. The molecule has 0 aliphatic carbocycles. The molecule has 1 atom stereocenters. The lowest BCUT2D eigenvalue weighted by Crippen LogP contribution is -2.41. The van der Waals surface area contributed by atoms with E-state index < -0.39 is 6.10 Å². The summed E-state index contributed by atoms with van der Waals surface area (Å²) in [7, 11) is 0. The third-order valence-electron chi connectivity index (χ3n) is 5.54. The van der Waals surface area contributed by atoms with Crippen molar-refractivity contribution >= 4 is 11.0 Å². The summed E-state index contributed by atoms with van der Waals surface area (Å²) in [6.07, 6.45) is 1.07. The number of H-pyrrole nitrogens is 1. The Morgan fingerprint density at radius 3 is 2.66 bits per heavy atom. The minimum atomic E-state index is -0.630. The highest BCUT2D eigenvalue weighted by Crippen LogP contribution is 2.24. The molecule has 6 nitrogen and oxygen atoms in total. The van der Waals surface area contributed by atoms with Gasteiger partial charge in [0.15, 0.2) is 0 Å². The second-order valence-corrected chi connectivity index (χ2v) is 7.61. The summed E-state index contributed by atoms with van der Waals surface area (Å²) in [5.74, 6) is -0.295. The van der Waals surface area contributed by atoms with Crippen LogP contribution in [0, 0.1) is 5.82 Å². The number of aliphatic hydroxyl groups excluding tert-OH is 1. The van der Waals surface area contributed by atoms with Gasteiger partial charge in [0.05, 0.1) is 30.4 Å². The average molecular weight is 399 g/mol. The summed E-state index contributed by atoms with van der Waals surface area (Å²) in [6, 6.07) is 14.4. The first-order valence-electron chi connectivity index (χ1n) is 10.0. The Bertz CT molecular complexity index is 1010. The van der Waals surface area contributed by atoms with Gasteiger partial charge in [-0.15, -0.1) is 0 Å². The number of nitrogens with zero attached hydrogens (tertiary/aromatic N) is 2. The van der Waals surface area contributed by atoms with Crippen LogP contribution in [0.5, 0.6) is 0 Å². The Balaban J connectivity index is 1.26. The molecule has 2 N–H and O–H groups in total. The van der Waals surface area contributed by atoms with Crippen LogP contribution >= 0.6 is 0 Å². The smallest absolute Gasteiger partial charge is 0.326 e. The van der Waals surface area contributed by atoms with Gasteiger partial charge in [-0.2, -0.15) is 0 Å². The number of hydrogen-bond donors (Lipinski definition) is 2. The van der Waals surface area contributed by atoms with Gasteiger partial charge in [-0.1, -0.05) is 30.3 Å². The van der Waals surface area contributed by atoms with Gasteiger partial charge < -0.3 is 19.7 Å². The fraction of sp³-hybridized carbons (Fsp3) is 0.409. The molecule has 1 aliphatic heterocycles. The van der Waals surface area contributed by atoms with Crippen LogP contribution < -0.4 is 5.69 Å². The molecule has 2 heterocycles. The van der Waals surface area contributed by atoms with Gasteiger partial charge in [0, 0.05) is 31.2 Å². The minimum absolute atomic E-state index is 0.0637. The first-order chi connectivity index (χ1) is 14.1. The summed E-state index contributed by atoms with van der Waals surface area (Å²) in [6.45, 7) is 2.43. The molecule has 1 saturated heterocycles. The highest BCUT2D eigenvalue weighted by molar-refractivity contribution is 5.75. The number of β-amino-alcohol motifs (C(OH)–C–C–N with tert-alkyl or cyclic N) is 1. The zero-order chi connectivity index (χ0) is 20.2. The minimum Gasteiger partial charge on any atom is -0.389 e. The van der Waals surface area contributed by atoms with Crippen LogP contribution in [-0.2, 0) is 11.3 Å². The number of likely N-dealkylation sites (tertiary alicyclic amines) is 1. The van der Waals surface area contributed by atoms with Crippen LogP contribution in [0.4, 0.5) is 4.39 Å². The van der Waals surface area contributed by atoms with E-state index in [2.05, 4.69) is 9.88 Å². The van der Waals surface area contributed by atoms with Crippen molar-refractivity contribution in [2.75, 3.05) is 26.2 Å². The lowest BCUT2D eigenvalue weighted by atomic mass is 10.0. The number of aromatic amines is 1. The number of rotatable bonds is 7. The molecule has 1 aliphatic rings. The topological polar surface area (TPSA) is 70.5 Å². The zero-order valence-electron chi connectivity index (χ0n) is 16.3. The predicted octanol–water partition coefficient (Wildman–Crippen LogP) is 2.68. The van der Waals surface area contributed by atoms with Crippen molar-refractivity contribution in [1.29, 1.82) is 0 Å². The third kappa shape index (κ3) is 4.58. The molecule has 29 heavy (non-hydrogen) atoms. The Labute approximate surface area is 168 Å². The maximum Gasteiger partial charge on any atom is 0.326 e. The van der Waals surface area contributed by atoms with Crippen molar-refractivity contribution in [3.8, 4) is 0 Å². The van der Waals surface area contributed by atoms with E-state index in [9.17, 15) is 14.3 Å². The van der Waals surface area contributed by atoms with Gasteiger partial charge in [0.25, 0.3) is 0 Å². The molecular weight excluding hydrogens is 373 g/mol. The lowest BCUT2D eigenvalue weighted by molar-refractivity contribution is 0.00420. The highest BCUT2D eigenvalue weighted by atomic mass is 19.1. The van der Waals surface area contributed by atoms with Crippen LogP contribution in [0.3, 0.4) is 0 Å². The van der Waals surface area contributed by atoms with Gasteiger partial charge in [-0.25, -0.2) is 9.18 Å². The number of ether oxygens (including phenoxy) is 1. The molecule has 0 amide bonds. The highest BCUT2D eigenvalue weighted by Gasteiger charge is 2.24. The van der Waals surface area contributed by atoms with E-state index >= 15 is 0 Å². The number of hydrogen-bond acceptors (Lipinski definition) is 4. The van der Waals surface area contributed by atoms with Crippen LogP contribution in [0.15, 0.2) is 53.3 Å². The van der Waals surface area contributed by atoms with Gasteiger partial charge in [-0.05, 0) is 31.0 Å². The summed E-state index contributed by atoms with van der Waals surface area (Å²) < 4.78 is 20.9. The third-order valence-corrected chi connectivity index (χ3v) is 5.54. The molecular formula is C22H26FN3O3. The van der Waals surface area contributed by atoms with Crippen molar-refractivity contribution in [3.63, 3.8) is 0 Å². The molecule has 3 aromatic rings. The van der Waals surface area contributed by atoms with Crippen molar-refractivity contribution < 1.29 is 14.2 Å². The van der Waals surface area contributed by atoms with Crippen molar-refractivity contribution in [3.05, 3.63) is 70.4 Å². The molecule has 0 bridgehead atoms. The lowest BCUT2D eigenvalue weighted by Gasteiger charge is -2.33. The van der Waals surface area contributed by atoms with E-state index in [0.29, 0.717) is 12.1 Å². The van der Waals surface area contributed by atoms with Crippen molar-refractivity contribution in [1.82, 2.24) is 14.5 Å². The largest absolute Gasteiger partial charge is 0.389 e.